The first-order valence-corrected chi connectivity index (χ1v) is 10.1. The van der Waals surface area contributed by atoms with Gasteiger partial charge in [0.2, 0.25) is 5.91 Å². The molecule has 0 radical (unpaired) electrons. The molecule has 0 atom stereocenters. The molecule has 0 spiro atoms. The van der Waals surface area contributed by atoms with Gasteiger partial charge in [0.15, 0.2) is 0 Å². The summed E-state index contributed by atoms with van der Waals surface area (Å²) in [6, 6.07) is 16.2. The molecule has 2 aromatic rings. The molecule has 27 heavy (non-hydrogen) atoms. The van der Waals surface area contributed by atoms with Crippen LogP contribution >= 0.6 is 11.6 Å². The third kappa shape index (κ3) is 5.33. The van der Waals surface area contributed by atoms with Crippen LogP contribution in [0.25, 0.3) is 0 Å². The first-order valence-electron chi connectivity index (χ1n) is 9.74. The van der Waals surface area contributed by atoms with Gasteiger partial charge in [-0.2, -0.15) is 0 Å². The van der Waals surface area contributed by atoms with E-state index in [-0.39, 0.29) is 11.3 Å². The molecule has 3 nitrogen and oxygen atoms in total. The maximum absolute atomic E-state index is 12.3. The molecule has 4 heteroatoms. The smallest absolute Gasteiger partial charge is 0.220 e. The summed E-state index contributed by atoms with van der Waals surface area (Å²) in [6.45, 7) is 5.18. The van der Waals surface area contributed by atoms with Gasteiger partial charge < -0.3 is 10.2 Å². The van der Waals surface area contributed by atoms with Crippen molar-refractivity contribution in [3.05, 3.63) is 70.2 Å². The minimum absolute atomic E-state index is 0.0910. The van der Waals surface area contributed by atoms with Crippen LogP contribution in [0.2, 0.25) is 5.02 Å². The van der Waals surface area contributed by atoms with Crippen LogP contribution in [0.4, 0.5) is 0 Å². The molecule has 1 amide bonds. The van der Waals surface area contributed by atoms with Crippen molar-refractivity contribution < 1.29 is 4.79 Å². The number of likely N-dealkylation sites (tertiary alicyclic amines) is 1. The number of carbonyl (C=O) groups is 1. The third-order valence-electron chi connectivity index (χ3n) is 5.78. The van der Waals surface area contributed by atoms with Crippen molar-refractivity contribution in [2.75, 3.05) is 20.1 Å². The molecule has 144 valence electrons. The molecule has 0 bridgehead atoms. The third-order valence-corrected chi connectivity index (χ3v) is 6.03. The predicted molar refractivity (Wildman–Crippen MR) is 112 cm³/mol. The van der Waals surface area contributed by atoms with Crippen molar-refractivity contribution in [2.45, 2.75) is 44.6 Å². The van der Waals surface area contributed by atoms with Crippen molar-refractivity contribution in [3.63, 3.8) is 0 Å². The summed E-state index contributed by atoms with van der Waals surface area (Å²) in [6.07, 6.45) is 3.64. The van der Waals surface area contributed by atoms with Crippen LogP contribution in [0, 0.1) is 0 Å². The fraction of sp³-hybridized carbons (Fsp3) is 0.435. The summed E-state index contributed by atoms with van der Waals surface area (Å²) in [5, 5.41) is 3.73. The standard InChI is InChI=1S/C23H29ClN2O/c1-23(13-15-26(2)16-14-23)21-6-4-3-5-19(21)9-12-22(27)25-17-18-7-10-20(24)11-8-18/h3-8,10-11H,9,12-17H2,1-2H3,(H,25,27). The molecule has 1 N–H and O–H groups in total. The summed E-state index contributed by atoms with van der Waals surface area (Å²) < 4.78 is 0. The summed E-state index contributed by atoms with van der Waals surface area (Å²) in [5.74, 6) is 0.0910. The molecule has 0 aliphatic carbocycles. The number of carbonyl (C=O) groups excluding carboxylic acids is 1. The minimum Gasteiger partial charge on any atom is -0.352 e. The lowest BCUT2D eigenvalue weighted by Gasteiger charge is -2.39. The van der Waals surface area contributed by atoms with E-state index >= 15 is 0 Å². The molecule has 1 saturated heterocycles. The Morgan fingerprint density at radius 3 is 2.48 bits per heavy atom. The summed E-state index contributed by atoms with van der Waals surface area (Å²) >= 11 is 5.90. The van der Waals surface area contributed by atoms with Crippen LogP contribution in [0.5, 0.6) is 0 Å². The van der Waals surface area contributed by atoms with Crippen LogP contribution in [-0.2, 0) is 23.2 Å². The van der Waals surface area contributed by atoms with Crippen LogP contribution < -0.4 is 5.32 Å². The summed E-state index contributed by atoms with van der Waals surface area (Å²) in [7, 11) is 2.19. The zero-order chi connectivity index (χ0) is 19.3. The number of halogens is 1. The lowest BCUT2D eigenvalue weighted by atomic mass is 9.72. The number of piperidine rings is 1. The highest BCUT2D eigenvalue weighted by Crippen LogP contribution is 2.36. The van der Waals surface area contributed by atoms with Gasteiger partial charge in [-0.15, -0.1) is 0 Å². The highest BCUT2D eigenvalue weighted by atomic mass is 35.5. The molecule has 3 rings (SSSR count). The second kappa shape index (κ2) is 8.90. The number of hydrogen-bond donors (Lipinski definition) is 1. The number of benzene rings is 2. The largest absolute Gasteiger partial charge is 0.352 e. The molecule has 1 aliphatic heterocycles. The average Bonchev–Trinajstić information content (AvgIpc) is 2.68. The molecule has 0 saturated carbocycles. The number of nitrogens with zero attached hydrogens (tertiary/aromatic N) is 1. The van der Waals surface area contributed by atoms with Crippen molar-refractivity contribution in [2.24, 2.45) is 0 Å². The fourth-order valence-electron chi connectivity index (χ4n) is 3.85. The van der Waals surface area contributed by atoms with E-state index in [1.54, 1.807) is 0 Å². The van der Waals surface area contributed by atoms with E-state index in [0.29, 0.717) is 18.0 Å². The first kappa shape index (κ1) is 19.9. The van der Waals surface area contributed by atoms with Gasteiger partial charge in [0, 0.05) is 18.0 Å². The van der Waals surface area contributed by atoms with Gasteiger partial charge in [0.25, 0.3) is 0 Å². The molecular formula is C23H29ClN2O. The van der Waals surface area contributed by atoms with E-state index in [1.807, 2.05) is 24.3 Å². The zero-order valence-electron chi connectivity index (χ0n) is 16.3. The van der Waals surface area contributed by atoms with Crippen molar-refractivity contribution in [3.8, 4) is 0 Å². The number of amides is 1. The monoisotopic (exact) mass is 384 g/mol. The fourth-order valence-corrected chi connectivity index (χ4v) is 3.97. The Hall–Kier alpha value is -1.84. The highest BCUT2D eigenvalue weighted by Gasteiger charge is 2.32. The van der Waals surface area contributed by atoms with Crippen molar-refractivity contribution in [1.82, 2.24) is 10.2 Å². The molecule has 0 aromatic heterocycles. The Kier molecular flexibility index (Phi) is 6.56. The Balaban J connectivity index is 1.58. The second-order valence-electron chi connectivity index (χ2n) is 7.92. The lowest BCUT2D eigenvalue weighted by molar-refractivity contribution is -0.121. The van der Waals surface area contributed by atoms with Gasteiger partial charge in [-0.3, -0.25) is 4.79 Å². The molecule has 2 aromatic carbocycles. The normalized spacial score (nSPS) is 16.9. The van der Waals surface area contributed by atoms with Gasteiger partial charge in [-0.05, 0) is 73.6 Å². The number of rotatable bonds is 6. The predicted octanol–water partition coefficient (Wildman–Crippen LogP) is 4.57. The average molecular weight is 385 g/mol. The van der Waals surface area contributed by atoms with Gasteiger partial charge in [0.1, 0.15) is 0 Å². The Morgan fingerprint density at radius 1 is 1.11 bits per heavy atom. The summed E-state index contributed by atoms with van der Waals surface area (Å²) in [5.41, 5.74) is 4.00. The van der Waals surface area contributed by atoms with E-state index in [4.69, 9.17) is 11.6 Å². The van der Waals surface area contributed by atoms with Crippen LogP contribution in [0.1, 0.15) is 42.9 Å². The molecule has 0 unspecified atom stereocenters. The van der Waals surface area contributed by atoms with E-state index in [1.165, 1.54) is 24.0 Å². The maximum Gasteiger partial charge on any atom is 0.220 e. The zero-order valence-corrected chi connectivity index (χ0v) is 17.1. The van der Waals surface area contributed by atoms with E-state index in [9.17, 15) is 4.79 Å². The van der Waals surface area contributed by atoms with Gasteiger partial charge >= 0.3 is 0 Å². The van der Waals surface area contributed by atoms with Crippen molar-refractivity contribution >= 4 is 17.5 Å². The quantitative estimate of drug-likeness (QED) is 0.791. The van der Waals surface area contributed by atoms with Crippen LogP contribution in [-0.4, -0.2) is 30.9 Å². The van der Waals surface area contributed by atoms with Gasteiger partial charge in [-0.25, -0.2) is 0 Å². The van der Waals surface area contributed by atoms with Crippen LogP contribution in [0.15, 0.2) is 48.5 Å². The topological polar surface area (TPSA) is 32.3 Å². The maximum atomic E-state index is 12.3. The second-order valence-corrected chi connectivity index (χ2v) is 8.36. The molecule has 1 heterocycles. The van der Waals surface area contributed by atoms with E-state index in [2.05, 4.69) is 48.5 Å². The Morgan fingerprint density at radius 2 is 1.78 bits per heavy atom. The Labute approximate surface area is 167 Å². The van der Waals surface area contributed by atoms with Crippen molar-refractivity contribution in [1.29, 1.82) is 0 Å². The van der Waals surface area contributed by atoms with Gasteiger partial charge in [-0.1, -0.05) is 54.9 Å². The van der Waals surface area contributed by atoms with E-state index < -0.39 is 0 Å². The number of aryl methyl sites for hydroxylation is 1. The number of nitrogens with one attached hydrogen (secondary N) is 1. The van der Waals surface area contributed by atoms with Crippen LogP contribution in [0.3, 0.4) is 0 Å². The van der Waals surface area contributed by atoms with Gasteiger partial charge in [0.05, 0.1) is 0 Å². The minimum atomic E-state index is 0.0910. The summed E-state index contributed by atoms with van der Waals surface area (Å²) in [4.78, 5) is 14.7. The van der Waals surface area contributed by atoms with E-state index in [0.717, 1.165) is 25.1 Å². The number of hydrogen-bond acceptors (Lipinski definition) is 2. The first-order chi connectivity index (χ1) is 13.0. The SMILES string of the molecule is CN1CCC(C)(c2ccccc2CCC(=O)NCc2ccc(Cl)cc2)CC1. The molecular weight excluding hydrogens is 356 g/mol. The highest BCUT2D eigenvalue weighted by molar-refractivity contribution is 6.30. The molecule has 1 aliphatic rings. The molecule has 1 fully saturated rings. The Bertz CT molecular complexity index is 764. The lowest BCUT2D eigenvalue weighted by Crippen LogP contribution is -2.39.